The predicted molar refractivity (Wildman–Crippen MR) is 117 cm³/mol. The summed E-state index contributed by atoms with van der Waals surface area (Å²) in [6.07, 6.45) is 1.45. The Morgan fingerprint density at radius 3 is 2.74 bits per heavy atom. The van der Waals surface area contributed by atoms with Crippen molar-refractivity contribution in [1.29, 1.82) is 0 Å². The van der Waals surface area contributed by atoms with Crippen LogP contribution in [0.5, 0.6) is 0 Å². The van der Waals surface area contributed by atoms with Gasteiger partial charge in [0.15, 0.2) is 10.8 Å². The van der Waals surface area contributed by atoms with Gasteiger partial charge in [0, 0.05) is 17.8 Å². The molecule has 11 heteroatoms. The summed E-state index contributed by atoms with van der Waals surface area (Å²) in [4.78, 5) is 42.5. The van der Waals surface area contributed by atoms with E-state index in [4.69, 9.17) is 0 Å². The van der Waals surface area contributed by atoms with E-state index < -0.39 is 10.2 Å². The Kier molecular flexibility index (Phi) is 5.50. The molecule has 0 spiro atoms. The van der Waals surface area contributed by atoms with Crippen LogP contribution in [0.4, 0.5) is 11.4 Å². The molecular formula is C20H16N6O4S. The monoisotopic (exact) mass is 436 g/mol. The lowest BCUT2D eigenvalue weighted by Crippen LogP contribution is -2.23. The quantitative estimate of drug-likeness (QED) is 0.205. The highest BCUT2D eigenvalue weighted by Crippen LogP contribution is 2.23. The van der Waals surface area contributed by atoms with Gasteiger partial charge in [-0.3, -0.25) is 19.7 Å². The number of nitrogens with one attached hydrogen (secondary N) is 2. The molecule has 1 atom stereocenters. The van der Waals surface area contributed by atoms with Crippen molar-refractivity contribution in [2.24, 2.45) is 0 Å². The van der Waals surface area contributed by atoms with Crippen LogP contribution in [-0.2, 0) is 4.79 Å². The lowest BCUT2D eigenvalue weighted by molar-refractivity contribution is -0.384. The van der Waals surface area contributed by atoms with Crippen LogP contribution >= 0.6 is 11.8 Å². The number of anilines is 1. The summed E-state index contributed by atoms with van der Waals surface area (Å²) >= 11 is 1.06. The number of rotatable bonds is 6. The van der Waals surface area contributed by atoms with Crippen LogP contribution in [0.25, 0.3) is 16.7 Å². The highest BCUT2D eigenvalue weighted by molar-refractivity contribution is 8.00. The van der Waals surface area contributed by atoms with Crippen LogP contribution in [0.1, 0.15) is 6.92 Å². The van der Waals surface area contributed by atoms with Crippen LogP contribution in [-0.4, -0.2) is 35.8 Å². The molecule has 2 N–H and O–H groups in total. The van der Waals surface area contributed by atoms with Crippen molar-refractivity contribution in [3.05, 3.63) is 81.3 Å². The van der Waals surface area contributed by atoms with Crippen molar-refractivity contribution in [2.75, 3.05) is 5.32 Å². The van der Waals surface area contributed by atoms with Gasteiger partial charge < -0.3 is 10.3 Å². The van der Waals surface area contributed by atoms with Gasteiger partial charge in [-0.25, -0.2) is 9.67 Å². The van der Waals surface area contributed by atoms with Gasteiger partial charge >= 0.3 is 0 Å². The first kappa shape index (κ1) is 20.3. The maximum atomic E-state index is 12.5. The fraction of sp³-hybridized carbons (Fsp3) is 0.100. The molecule has 0 saturated heterocycles. The number of aromatic amines is 1. The molecule has 1 unspecified atom stereocenters. The molecule has 0 aliphatic heterocycles. The number of nitro groups is 1. The lowest BCUT2D eigenvalue weighted by Gasteiger charge is -2.11. The third-order valence-electron chi connectivity index (χ3n) is 4.40. The zero-order valence-electron chi connectivity index (χ0n) is 16.2. The number of nitrogens with zero attached hydrogens (tertiary/aromatic N) is 4. The second-order valence-electron chi connectivity index (χ2n) is 6.56. The minimum absolute atomic E-state index is 0.122. The van der Waals surface area contributed by atoms with Crippen molar-refractivity contribution in [3.8, 4) is 5.69 Å². The normalized spacial score (nSPS) is 11.9. The van der Waals surface area contributed by atoms with E-state index in [1.165, 1.54) is 24.4 Å². The van der Waals surface area contributed by atoms with Crippen LogP contribution in [0, 0.1) is 10.1 Å². The predicted octanol–water partition coefficient (Wildman–Crippen LogP) is 3.14. The topological polar surface area (TPSA) is 136 Å². The van der Waals surface area contributed by atoms with Gasteiger partial charge in [0.05, 0.1) is 22.1 Å². The molecule has 0 saturated carbocycles. The Bertz CT molecular complexity index is 1330. The van der Waals surface area contributed by atoms with Crippen LogP contribution < -0.4 is 10.9 Å². The SMILES string of the molecule is CC(Sc1nc2c(cnn2-c2ccccc2)c(=O)[nH]1)C(=O)Nc1cccc([N+](=O)[O-])c1. The number of aromatic nitrogens is 4. The van der Waals surface area contributed by atoms with Crippen molar-refractivity contribution in [1.82, 2.24) is 19.7 Å². The summed E-state index contributed by atoms with van der Waals surface area (Å²) in [5.74, 6) is -0.384. The summed E-state index contributed by atoms with van der Waals surface area (Å²) in [5.41, 5.74) is 0.960. The number of H-pyrrole nitrogens is 1. The van der Waals surface area contributed by atoms with Gasteiger partial charge in [0.25, 0.3) is 11.2 Å². The average molecular weight is 436 g/mol. The molecule has 1 amide bonds. The number of nitro benzene ring substituents is 1. The first-order chi connectivity index (χ1) is 14.9. The third kappa shape index (κ3) is 4.31. The number of fused-ring (bicyclic) bond motifs is 1. The molecule has 0 radical (unpaired) electrons. The Balaban J connectivity index is 1.56. The molecule has 31 heavy (non-hydrogen) atoms. The highest BCUT2D eigenvalue weighted by Gasteiger charge is 2.19. The van der Waals surface area contributed by atoms with E-state index in [1.54, 1.807) is 17.7 Å². The van der Waals surface area contributed by atoms with E-state index >= 15 is 0 Å². The van der Waals surface area contributed by atoms with Gasteiger partial charge in [-0.15, -0.1) is 0 Å². The summed E-state index contributed by atoms with van der Waals surface area (Å²) in [7, 11) is 0. The largest absolute Gasteiger partial charge is 0.325 e. The van der Waals surface area contributed by atoms with Gasteiger partial charge in [-0.05, 0) is 25.1 Å². The Hall–Kier alpha value is -3.99. The number of thioether (sulfide) groups is 1. The zero-order valence-corrected chi connectivity index (χ0v) is 17.0. The molecule has 2 heterocycles. The lowest BCUT2D eigenvalue weighted by atomic mass is 10.2. The second kappa shape index (κ2) is 8.40. The smallest absolute Gasteiger partial charge is 0.271 e. The van der Waals surface area contributed by atoms with Gasteiger partial charge in [-0.2, -0.15) is 5.10 Å². The molecule has 4 aromatic rings. The Morgan fingerprint density at radius 1 is 1.23 bits per heavy atom. The molecule has 10 nitrogen and oxygen atoms in total. The van der Waals surface area contributed by atoms with Crippen molar-refractivity contribution in [2.45, 2.75) is 17.3 Å². The Labute approximate surface area is 179 Å². The fourth-order valence-corrected chi connectivity index (χ4v) is 3.67. The number of carbonyl (C=O) groups is 1. The van der Waals surface area contributed by atoms with E-state index in [2.05, 4.69) is 20.4 Å². The van der Waals surface area contributed by atoms with E-state index in [9.17, 15) is 19.7 Å². The number of carbonyl (C=O) groups excluding carboxylic acids is 1. The van der Waals surface area contributed by atoms with Gasteiger partial charge in [0.2, 0.25) is 5.91 Å². The van der Waals surface area contributed by atoms with Gasteiger partial charge in [0.1, 0.15) is 5.39 Å². The summed E-state index contributed by atoms with van der Waals surface area (Å²) in [6, 6.07) is 14.9. The molecule has 2 aromatic carbocycles. The van der Waals surface area contributed by atoms with E-state index in [1.807, 2.05) is 30.3 Å². The minimum atomic E-state index is -0.632. The zero-order chi connectivity index (χ0) is 22.0. The fourth-order valence-electron chi connectivity index (χ4n) is 2.87. The van der Waals surface area contributed by atoms with E-state index in [0.717, 1.165) is 17.4 Å². The maximum absolute atomic E-state index is 12.5. The van der Waals surface area contributed by atoms with Crippen LogP contribution in [0.2, 0.25) is 0 Å². The number of non-ortho nitro benzene ring substituents is 1. The molecule has 0 aliphatic carbocycles. The number of amides is 1. The first-order valence-corrected chi connectivity index (χ1v) is 10.1. The van der Waals surface area contributed by atoms with E-state index in [-0.39, 0.29) is 22.3 Å². The molecule has 0 bridgehead atoms. The second-order valence-corrected chi connectivity index (χ2v) is 7.89. The summed E-state index contributed by atoms with van der Waals surface area (Å²) in [5, 5.41) is 17.8. The van der Waals surface area contributed by atoms with Crippen molar-refractivity contribution >= 4 is 40.1 Å². The number of hydrogen-bond donors (Lipinski definition) is 2. The number of hydrogen-bond acceptors (Lipinski definition) is 7. The molecule has 0 fully saturated rings. The first-order valence-electron chi connectivity index (χ1n) is 9.18. The van der Waals surface area contributed by atoms with Crippen LogP contribution in [0.15, 0.2) is 70.7 Å². The maximum Gasteiger partial charge on any atom is 0.271 e. The summed E-state index contributed by atoms with van der Waals surface area (Å²) in [6.45, 7) is 1.65. The summed E-state index contributed by atoms with van der Waals surface area (Å²) < 4.78 is 1.56. The standard InChI is InChI=1S/C20H16N6O4S/c1-12(18(27)22-13-6-5-9-15(10-13)26(29)30)31-20-23-17-16(19(28)24-20)11-21-25(17)14-7-3-2-4-8-14/h2-12H,1H3,(H,22,27)(H,23,24,28). The molecule has 0 aliphatic rings. The Morgan fingerprint density at radius 2 is 2.00 bits per heavy atom. The highest BCUT2D eigenvalue weighted by atomic mass is 32.2. The average Bonchev–Trinajstić information content (AvgIpc) is 3.19. The molecular weight excluding hydrogens is 420 g/mol. The number of para-hydroxylation sites is 1. The number of benzene rings is 2. The minimum Gasteiger partial charge on any atom is -0.325 e. The third-order valence-corrected chi connectivity index (χ3v) is 5.38. The van der Waals surface area contributed by atoms with E-state index in [0.29, 0.717) is 16.7 Å². The molecule has 156 valence electrons. The molecule has 4 rings (SSSR count). The molecule has 2 aromatic heterocycles. The van der Waals surface area contributed by atoms with Crippen molar-refractivity contribution < 1.29 is 9.72 Å². The van der Waals surface area contributed by atoms with Crippen LogP contribution in [0.3, 0.4) is 0 Å². The van der Waals surface area contributed by atoms with Crippen molar-refractivity contribution in [3.63, 3.8) is 0 Å². The van der Waals surface area contributed by atoms with Gasteiger partial charge in [-0.1, -0.05) is 36.0 Å².